The van der Waals surface area contributed by atoms with Gasteiger partial charge in [-0.3, -0.25) is 19.8 Å². The topological polar surface area (TPSA) is 122 Å². The molecular formula is C13H20N4O5. The van der Waals surface area contributed by atoms with E-state index < -0.39 is 41.1 Å². The van der Waals surface area contributed by atoms with Crippen LogP contribution in [0.25, 0.3) is 0 Å². The highest BCUT2D eigenvalue weighted by Crippen LogP contribution is 2.35. The molecule has 2 aliphatic rings. The monoisotopic (exact) mass is 312 g/mol. The zero-order valence-electron chi connectivity index (χ0n) is 13.0. The Balaban J connectivity index is 2.31. The number of nitrogens with zero attached hydrogens (tertiary/aromatic N) is 2. The van der Waals surface area contributed by atoms with E-state index in [1.807, 2.05) is 0 Å². The molecule has 22 heavy (non-hydrogen) atoms. The molecule has 9 nitrogen and oxygen atoms in total. The Labute approximate surface area is 127 Å². The minimum atomic E-state index is -1.28. The van der Waals surface area contributed by atoms with Crippen molar-refractivity contribution in [2.24, 2.45) is 5.73 Å². The summed E-state index contributed by atoms with van der Waals surface area (Å²) in [5.41, 5.74) is 3.30. The zero-order chi connectivity index (χ0) is 16.9. The minimum Gasteiger partial charge on any atom is -0.444 e. The molecule has 0 aromatic rings. The lowest BCUT2D eigenvalue weighted by Gasteiger charge is -2.29. The maximum absolute atomic E-state index is 12.3. The first-order valence-electron chi connectivity index (χ1n) is 6.86. The lowest BCUT2D eigenvalue weighted by atomic mass is 9.94. The van der Waals surface area contributed by atoms with E-state index in [1.54, 1.807) is 20.8 Å². The summed E-state index contributed by atoms with van der Waals surface area (Å²) in [6.45, 7) is 4.93. The van der Waals surface area contributed by atoms with Crippen LogP contribution in [0.5, 0.6) is 0 Å². The van der Waals surface area contributed by atoms with E-state index in [4.69, 9.17) is 10.5 Å². The molecule has 5 amide bonds. The Hall–Kier alpha value is -2.32. The molecule has 2 saturated heterocycles. The summed E-state index contributed by atoms with van der Waals surface area (Å²) in [4.78, 5) is 50.1. The molecule has 122 valence electrons. The average molecular weight is 312 g/mol. The molecular weight excluding hydrogens is 292 g/mol. The second-order valence-electron chi connectivity index (χ2n) is 6.58. The number of hydrogen-bond acceptors (Lipinski definition) is 5. The van der Waals surface area contributed by atoms with Crippen molar-refractivity contribution in [1.82, 2.24) is 15.1 Å². The van der Waals surface area contributed by atoms with Gasteiger partial charge in [-0.1, -0.05) is 0 Å². The first kappa shape index (κ1) is 16.1. The number of nitrogens with two attached hydrogens (primary N) is 1. The van der Waals surface area contributed by atoms with Crippen LogP contribution in [0, 0.1) is 0 Å². The molecule has 0 aromatic heterocycles. The Bertz CT molecular complexity index is 555. The van der Waals surface area contributed by atoms with Crippen LogP contribution in [0.15, 0.2) is 0 Å². The van der Waals surface area contributed by atoms with Gasteiger partial charge in [0, 0.05) is 13.5 Å². The van der Waals surface area contributed by atoms with Crippen molar-refractivity contribution in [3.8, 4) is 0 Å². The standard InChI is InChI=1S/C13H20N4O5/c1-12(2,3)22-11(21)17-6-13(5-7(17)8(14)18)9(19)15-10(20)16(13)4/h7H,5-6H2,1-4H3,(H2,14,18)(H,15,19,20)/t7-,13-/m0/s1. The smallest absolute Gasteiger partial charge is 0.411 e. The number of primary amides is 1. The summed E-state index contributed by atoms with van der Waals surface area (Å²) in [5, 5.41) is 2.18. The Morgan fingerprint density at radius 3 is 2.36 bits per heavy atom. The highest BCUT2D eigenvalue weighted by Gasteiger charge is 2.60. The number of carbonyl (C=O) groups is 4. The fourth-order valence-electron chi connectivity index (χ4n) is 2.70. The van der Waals surface area contributed by atoms with E-state index in [9.17, 15) is 19.2 Å². The van der Waals surface area contributed by atoms with Gasteiger partial charge in [0.2, 0.25) is 5.91 Å². The predicted octanol–water partition coefficient (Wildman–Crippen LogP) is -0.598. The molecule has 2 rings (SSSR count). The van der Waals surface area contributed by atoms with Crippen molar-refractivity contribution >= 4 is 23.9 Å². The van der Waals surface area contributed by atoms with E-state index in [0.717, 1.165) is 4.90 Å². The van der Waals surface area contributed by atoms with Crippen LogP contribution in [0.4, 0.5) is 9.59 Å². The number of ether oxygens (including phenoxy) is 1. The average Bonchev–Trinajstić information content (AvgIpc) is 2.85. The van der Waals surface area contributed by atoms with Crippen molar-refractivity contribution in [3.63, 3.8) is 0 Å². The number of hydrogen-bond donors (Lipinski definition) is 2. The van der Waals surface area contributed by atoms with Crippen LogP contribution in [0.3, 0.4) is 0 Å². The molecule has 3 N–H and O–H groups in total. The van der Waals surface area contributed by atoms with Gasteiger partial charge >= 0.3 is 12.1 Å². The van der Waals surface area contributed by atoms with Gasteiger partial charge in [0.25, 0.3) is 5.91 Å². The normalized spacial score (nSPS) is 28.3. The number of likely N-dealkylation sites (N-methyl/N-ethyl adjacent to an activating group) is 1. The summed E-state index contributed by atoms with van der Waals surface area (Å²) in [5.74, 6) is -1.29. The highest BCUT2D eigenvalue weighted by atomic mass is 16.6. The number of imide groups is 1. The third-order valence-electron chi connectivity index (χ3n) is 3.89. The third kappa shape index (κ3) is 2.46. The second-order valence-corrected chi connectivity index (χ2v) is 6.58. The zero-order valence-corrected chi connectivity index (χ0v) is 13.0. The number of amides is 5. The summed E-state index contributed by atoms with van der Waals surface area (Å²) < 4.78 is 5.25. The van der Waals surface area contributed by atoms with Gasteiger partial charge in [0.15, 0.2) is 0 Å². The van der Waals surface area contributed by atoms with Crippen molar-refractivity contribution in [1.29, 1.82) is 0 Å². The molecule has 1 spiro atoms. The molecule has 9 heteroatoms. The molecule has 2 fully saturated rings. The summed E-state index contributed by atoms with van der Waals surface area (Å²) in [6.07, 6.45) is -0.788. The lowest BCUT2D eigenvalue weighted by molar-refractivity contribution is -0.125. The van der Waals surface area contributed by atoms with Crippen LogP contribution >= 0.6 is 0 Å². The molecule has 0 bridgehead atoms. The van der Waals surface area contributed by atoms with Crippen LogP contribution in [-0.2, 0) is 14.3 Å². The third-order valence-corrected chi connectivity index (χ3v) is 3.89. The van der Waals surface area contributed by atoms with Gasteiger partial charge in [0.1, 0.15) is 17.2 Å². The van der Waals surface area contributed by atoms with Gasteiger partial charge in [-0.25, -0.2) is 9.59 Å². The maximum Gasteiger partial charge on any atom is 0.411 e. The number of likely N-dealkylation sites (tertiary alicyclic amines) is 1. The molecule has 0 unspecified atom stereocenters. The van der Waals surface area contributed by atoms with Gasteiger partial charge in [-0.05, 0) is 20.8 Å². The van der Waals surface area contributed by atoms with Gasteiger partial charge in [-0.2, -0.15) is 0 Å². The van der Waals surface area contributed by atoms with Crippen molar-refractivity contribution < 1.29 is 23.9 Å². The Morgan fingerprint density at radius 2 is 1.95 bits per heavy atom. The van der Waals surface area contributed by atoms with Gasteiger partial charge in [0.05, 0.1) is 6.54 Å². The van der Waals surface area contributed by atoms with E-state index >= 15 is 0 Å². The largest absolute Gasteiger partial charge is 0.444 e. The molecule has 2 aliphatic heterocycles. The molecule has 0 saturated carbocycles. The van der Waals surface area contributed by atoms with Crippen molar-refractivity contribution in [2.75, 3.05) is 13.6 Å². The van der Waals surface area contributed by atoms with E-state index in [2.05, 4.69) is 5.32 Å². The first-order chi connectivity index (χ1) is 9.98. The van der Waals surface area contributed by atoms with Crippen LogP contribution in [-0.4, -0.2) is 64.5 Å². The molecule has 2 atom stereocenters. The summed E-state index contributed by atoms with van der Waals surface area (Å²) >= 11 is 0. The summed E-state index contributed by atoms with van der Waals surface area (Å²) in [6, 6.07) is -1.58. The number of nitrogens with one attached hydrogen (secondary N) is 1. The van der Waals surface area contributed by atoms with Crippen LogP contribution < -0.4 is 11.1 Å². The molecule has 0 aliphatic carbocycles. The van der Waals surface area contributed by atoms with Crippen LogP contribution in [0.1, 0.15) is 27.2 Å². The fourth-order valence-corrected chi connectivity index (χ4v) is 2.70. The lowest BCUT2D eigenvalue weighted by Crippen LogP contribution is -2.50. The van der Waals surface area contributed by atoms with Crippen molar-refractivity contribution in [2.45, 2.75) is 44.4 Å². The summed E-state index contributed by atoms with van der Waals surface area (Å²) in [7, 11) is 1.44. The maximum atomic E-state index is 12.3. The number of rotatable bonds is 1. The highest BCUT2D eigenvalue weighted by molar-refractivity contribution is 6.08. The molecule has 0 radical (unpaired) electrons. The number of carbonyl (C=O) groups excluding carboxylic acids is 4. The van der Waals surface area contributed by atoms with E-state index in [0.29, 0.717) is 0 Å². The van der Waals surface area contributed by atoms with E-state index in [-0.39, 0.29) is 13.0 Å². The molecule has 0 aromatic carbocycles. The fraction of sp³-hybridized carbons (Fsp3) is 0.692. The predicted molar refractivity (Wildman–Crippen MR) is 74.6 cm³/mol. The molecule has 2 heterocycles. The Kier molecular flexibility index (Phi) is 3.54. The first-order valence-corrected chi connectivity index (χ1v) is 6.86. The van der Waals surface area contributed by atoms with Crippen LogP contribution in [0.2, 0.25) is 0 Å². The Morgan fingerprint density at radius 1 is 1.36 bits per heavy atom. The van der Waals surface area contributed by atoms with Crippen molar-refractivity contribution in [3.05, 3.63) is 0 Å². The van der Waals surface area contributed by atoms with Gasteiger partial charge in [-0.15, -0.1) is 0 Å². The quantitative estimate of drug-likeness (QED) is 0.626. The second kappa shape index (κ2) is 4.85. The number of urea groups is 1. The van der Waals surface area contributed by atoms with Gasteiger partial charge < -0.3 is 15.4 Å². The van der Waals surface area contributed by atoms with E-state index in [1.165, 1.54) is 11.9 Å². The minimum absolute atomic E-state index is 0.0460. The SMILES string of the molecule is CN1C(=O)NC(=O)[C@@]12C[C@@H](C(N)=O)N(C(=O)OC(C)(C)C)C2.